The van der Waals surface area contributed by atoms with Crippen LogP contribution in [-0.4, -0.2) is 34.9 Å². The number of carbonyl (C=O) groups excluding carboxylic acids is 2. The molecule has 0 atom stereocenters. The number of phenolic OH excluding ortho intramolecular Hbond substituents is 1. The molecule has 0 unspecified atom stereocenters. The fourth-order valence-electron chi connectivity index (χ4n) is 3.34. The number of halogens is 2. The average Bonchev–Trinajstić information content (AvgIpc) is 3.22. The zero-order valence-electron chi connectivity index (χ0n) is 18.7. The molecule has 0 spiro atoms. The van der Waals surface area contributed by atoms with Crippen molar-refractivity contribution in [2.24, 2.45) is 0 Å². The smallest absolute Gasteiger partial charge is 0.255 e. The van der Waals surface area contributed by atoms with Gasteiger partial charge in [-0.1, -0.05) is 35.6 Å². The predicted molar refractivity (Wildman–Crippen MR) is 135 cm³/mol. The Bertz CT molecular complexity index is 1390. The summed E-state index contributed by atoms with van der Waals surface area (Å²) in [6, 6.07) is 16.9. The van der Waals surface area contributed by atoms with E-state index in [1.54, 1.807) is 0 Å². The Kier molecular flexibility index (Phi) is 7.40. The SMILES string of the molecule is Nc1nc(Nc2ccc(C(=O)NCCNc3ccccc3)c(O)c2)sc1C(=O)c1c(F)cccc1F. The third-order valence-electron chi connectivity index (χ3n) is 5.06. The molecule has 0 aliphatic rings. The van der Waals surface area contributed by atoms with E-state index >= 15 is 0 Å². The third kappa shape index (κ3) is 5.58. The number of rotatable bonds is 9. The summed E-state index contributed by atoms with van der Waals surface area (Å²) in [5.74, 6) is -3.85. The minimum absolute atomic E-state index is 0.0739. The fourth-order valence-corrected chi connectivity index (χ4v) is 4.19. The van der Waals surface area contributed by atoms with Crippen molar-refractivity contribution in [1.29, 1.82) is 0 Å². The number of ketones is 1. The van der Waals surface area contributed by atoms with Gasteiger partial charge >= 0.3 is 0 Å². The summed E-state index contributed by atoms with van der Waals surface area (Å²) in [5, 5.41) is 19.2. The van der Waals surface area contributed by atoms with Crippen LogP contribution in [0.2, 0.25) is 0 Å². The Labute approximate surface area is 208 Å². The Morgan fingerprint density at radius 2 is 1.67 bits per heavy atom. The maximum atomic E-state index is 14.0. The van der Waals surface area contributed by atoms with Crippen LogP contribution in [0.3, 0.4) is 0 Å². The molecule has 1 amide bonds. The normalized spacial score (nSPS) is 10.6. The van der Waals surface area contributed by atoms with E-state index in [2.05, 4.69) is 20.9 Å². The minimum atomic E-state index is -1.00. The van der Waals surface area contributed by atoms with E-state index in [-0.39, 0.29) is 27.1 Å². The zero-order valence-corrected chi connectivity index (χ0v) is 19.5. The summed E-state index contributed by atoms with van der Waals surface area (Å²) in [7, 11) is 0. The number of nitrogens with zero attached hydrogens (tertiary/aromatic N) is 1. The lowest BCUT2D eigenvalue weighted by molar-refractivity contribution is 0.0951. The summed E-state index contributed by atoms with van der Waals surface area (Å²) in [6.45, 7) is 0.838. The second-order valence-electron chi connectivity index (χ2n) is 7.56. The van der Waals surface area contributed by atoms with Gasteiger partial charge in [0.05, 0.1) is 11.1 Å². The van der Waals surface area contributed by atoms with Crippen LogP contribution in [0.25, 0.3) is 0 Å². The molecule has 184 valence electrons. The molecular weight excluding hydrogens is 488 g/mol. The highest BCUT2D eigenvalue weighted by molar-refractivity contribution is 7.18. The first-order valence-corrected chi connectivity index (χ1v) is 11.6. The summed E-state index contributed by atoms with van der Waals surface area (Å²) >= 11 is 0.805. The molecule has 1 aromatic heterocycles. The standard InChI is InChI=1S/C25H21F2N5O3S/c26-17-7-4-8-18(27)20(17)21(34)22-23(28)32-25(36-22)31-15-9-10-16(19(33)13-15)24(35)30-12-11-29-14-5-2-1-3-6-14/h1-10,13,29,33H,11-12,28H2,(H,30,35)(H,31,32). The number of carbonyl (C=O) groups is 2. The van der Waals surface area contributed by atoms with Gasteiger partial charge in [0.25, 0.3) is 5.91 Å². The van der Waals surface area contributed by atoms with Crippen LogP contribution in [-0.2, 0) is 0 Å². The predicted octanol–water partition coefficient (Wildman–Crippen LogP) is 4.53. The Morgan fingerprint density at radius 1 is 0.944 bits per heavy atom. The van der Waals surface area contributed by atoms with E-state index in [1.807, 2.05) is 30.3 Å². The number of para-hydroxylation sites is 1. The van der Waals surface area contributed by atoms with Crippen LogP contribution in [0.4, 0.5) is 31.1 Å². The van der Waals surface area contributed by atoms with E-state index in [4.69, 9.17) is 5.73 Å². The number of nitrogens with one attached hydrogen (secondary N) is 3. The van der Waals surface area contributed by atoms with Crippen LogP contribution in [0.5, 0.6) is 5.75 Å². The molecule has 0 fully saturated rings. The Balaban J connectivity index is 1.39. The molecule has 0 saturated heterocycles. The number of thiazole rings is 1. The first kappa shape index (κ1) is 24.6. The fraction of sp³-hybridized carbons (Fsp3) is 0.0800. The summed E-state index contributed by atoms with van der Waals surface area (Å²) in [5.41, 5.74) is 6.45. The average molecular weight is 510 g/mol. The molecule has 6 N–H and O–H groups in total. The molecule has 11 heteroatoms. The van der Waals surface area contributed by atoms with Crippen molar-refractivity contribution in [3.05, 3.63) is 94.4 Å². The van der Waals surface area contributed by atoms with E-state index in [9.17, 15) is 23.5 Å². The highest BCUT2D eigenvalue weighted by atomic mass is 32.1. The minimum Gasteiger partial charge on any atom is -0.507 e. The van der Waals surface area contributed by atoms with Gasteiger partial charge in [0.2, 0.25) is 5.78 Å². The van der Waals surface area contributed by atoms with Gasteiger partial charge in [-0.25, -0.2) is 13.8 Å². The number of anilines is 4. The summed E-state index contributed by atoms with van der Waals surface area (Å²) < 4.78 is 28.0. The zero-order chi connectivity index (χ0) is 25.7. The van der Waals surface area contributed by atoms with Gasteiger partial charge in [0.15, 0.2) is 5.13 Å². The Morgan fingerprint density at radius 3 is 2.36 bits per heavy atom. The van der Waals surface area contributed by atoms with Crippen molar-refractivity contribution >= 4 is 45.4 Å². The van der Waals surface area contributed by atoms with Crippen LogP contribution >= 0.6 is 11.3 Å². The van der Waals surface area contributed by atoms with Crippen molar-refractivity contribution in [3.63, 3.8) is 0 Å². The van der Waals surface area contributed by atoms with Gasteiger partial charge in [-0.15, -0.1) is 0 Å². The molecule has 0 radical (unpaired) electrons. The van der Waals surface area contributed by atoms with E-state index in [0.29, 0.717) is 18.8 Å². The molecule has 0 aliphatic heterocycles. The molecule has 0 saturated carbocycles. The highest BCUT2D eigenvalue weighted by Gasteiger charge is 2.24. The number of hydrogen-bond donors (Lipinski definition) is 5. The lowest BCUT2D eigenvalue weighted by Crippen LogP contribution is -2.28. The van der Waals surface area contributed by atoms with Crippen molar-refractivity contribution in [1.82, 2.24) is 10.3 Å². The topological polar surface area (TPSA) is 129 Å². The van der Waals surface area contributed by atoms with Crippen LogP contribution in [0.1, 0.15) is 25.6 Å². The largest absolute Gasteiger partial charge is 0.507 e. The molecule has 3 aromatic carbocycles. The van der Waals surface area contributed by atoms with Crippen molar-refractivity contribution in [2.75, 3.05) is 29.5 Å². The van der Waals surface area contributed by atoms with Gasteiger partial charge < -0.3 is 26.8 Å². The van der Waals surface area contributed by atoms with Gasteiger partial charge in [0, 0.05) is 30.5 Å². The lowest BCUT2D eigenvalue weighted by atomic mass is 10.1. The van der Waals surface area contributed by atoms with Gasteiger partial charge in [0.1, 0.15) is 28.1 Å². The van der Waals surface area contributed by atoms with Crippen LogP contribution in [0.15, 0.2) is 66.7 Å². The van der Waals surface area contributed by atoms with Gasteiger partial charge in [-0.2, -0.15) is 0 Å². The van der Waals surface area contributed by atoms with E-state index in [0.717, 1.165) is 35.2 Å². The van der Waals surface area contributed by atoms with E-state index < -0.39 is 28.9 Å². The third-order valence-corrected chi connectivity index (χ3v) is 6.04. The number of hydrogen-bond acceptors (Lipinski definition) is 8. The number of benzene rings is 3. The number of phenols is 1. The van der Waals surface area contributed by atoms with Crippen LogP contribution < -0.4 is 21.7 Å². The molecule has 0 aliphatic carbocycles. The highest BCUT2D eigenvalue weighted by Crippen LogP contribution is 2.32. The molecule has 36 heavy (non-hydrogen) atoms. The van der Waals surface area contributed by atoms with E-state index in [1.165, 1.54) is 18.2 Å². The van der Waals surface area contributed by atoms with Gasteiger partial charge in [-0.05, 0) is 36.4 Å². The number of aromatic hydroxyl groups is 1. The first-order chi connectivity index (χ1) is 17.3. The monoisotopic (exact) mass is 509 g/mol. The number of nitrogen functional groups attached to an aromatic ring is 1. The first-order valence-electron chi connectivity index (χ1n) is 10.8. The Hall–Kier alpha value is -4.51. The molecular formula is C25H21F2N5O3S. The summed E-state index contributed by atoms with van der Waals surface area (Å²) in [4.78, 5) is 28.9. The van der Waals surface area contributed by atoms with Crippen molar-refractivity contribution in [3.8, 4) is 5.75 Å². The van der Waals surface area contributed by atoms with Crippen molar-refractivity contribution in [2.45, 2.75) is 0 Å². The lowest BCUT2D eigenvalue weighted by Gasteiger charge is -2.10. The molecule has 0 bridgehead atoms. The molecule has 8 nitrogen and oxygen atoms in total. The quantitative estimate of drug-likeness (QED) is 0.166. The maximum absolute atomic E-state index is 14.0. The second kappa shape index (κ2) is 10.8. The number of nitrogens with two attached hydrogens (primary N) is 1. The molecule has 4 rings (SSSR count). The maximum Gasteiger partial charge on any atom is 0.255 e. The number of amides is 1. The van der Waals surface area contributed by atoms with Gasteiger partial charge in [-0.3, -0.25) is 9.59 Å². The number of aromatic nitrogens is 1. The summed E-state index contributed by atoms with van der Waals surface area (Å²) in [6.07, 6.45) is 0. The second-order valence-corrected chi connectivity index (χ2v) is 8.56. The molecule has 4 aromatic rings. The molecule has 1 heterocycles. The van der Waals surface area contributed by atoms with Crippen LogP contribution in [0, 0.1) is 11.6 Å². The van der Waals surface area contributed by atoms with Crippen molar-refractivity contribution < 1.29 is 23.5 Å².